The number of rotatable bonds is 2. The molecule has 1 atom stereocenters. The van der Waals surface area contributed by atoms with Gasteiger partial charge in [-0.3, -0.25) is 4.79 Å². The molecule has 8 heteroatoms. The summed E-state index contributed by atoms with van der Waals surface area (Å²) in [6.07, 6.45) is -1.05. The highest BCUT2D eigenvalue weighted by atomic mass is 19.4. The van der Waals surface area contributed by atoms with Gasteiger partial charge in [-0.25, -0.2) is 9.97 Å². The second kappa shape index (κ2) is 5.89. The van der Waals surface area contributed by atoms with Gasteiger partial charge in [0.05, 0.1) is 5.41 Å². The van der Waals surface area contributed by atoms with E-state index in [1.165, 1.54) is 0 Å². The highest BCUT2D eigenvalue weighted by molar-refractivity contribution is 5.85. The van der Waals surface area contributed by atoms with Crippen LogP contribution in [0.5, 0.6) is 0 Å². The third-order valence-electron chi connectivity index (χ3n) is 4.96. The molecule has 0 unspecified atom stereocenters. The number of carbonyl (C=O) groups excluding carboxylic acids is 1. The summed E-state index contributed by atoms with van der Waals surface area (Å²) < 4.78 is 38.5. The molecule has 5 nitrogen and oxygen atoms in total. The van der Waals surface area contributed by atoms with Gasteiger partial charge in [0.2, 0.25) is 11.9 Å². The molecule has 24 heavy (non-hydrogen) atoms. The van der Waals surface area contributed by atoms with Crippen LogP contribution in [0.1, 0.15) is 38.8 Å². The molecule has 2 aliphatic heterocycles. The number of piperidine rings is 1. The Morgan fingerprint density at radius 2 is 2.00 bits per heavy atom. The number of nitrogens with zero attached hydrogens (tertiary/aromatic N) is 4. The van der Waals surface area contributed by atoms with Gasteiger partial charge in [-0.2, -0.15) is 13.2 Å². The van der Waals surface area contributed by atoms with Crippen LogP contribution in [0, 0.1) is 5.41 Å². The van der Waals surface area contributed by atoms with Gasteiger partial charge >= 0.3 is 6.18 Å². The quantitative estimate of drug-likeness (QED) is 0.829. The third-order valence-corrected chi connectivity index (χ3v) is 4.96. The smallest absolute Gasteiger partial charge is 0.340 e. The number of likely N-dealkylation sites (tertiary alicyclic amines) is 1. The molecule has 2 saturated heterocycles. The van der Waals surface area contributed by atoms with Crippen molar-refractivity contribution in [3.63, 3.8) is 0 Å². The molecule has 132 valence electrons. The monoisotopic (exact) mass is 342 g/mol. The van der Waals surface area contributed by atoms with Crippen molar-refractivity contribution >= 4 is 11.9 Å². The van der Waals surface area contributed by atoms with Crippen LogP contribution in [0.15, 0.2) is 12.3 Å². The van der Waals surface area contributed by atoms with Crippen molar-refractivity contribution in [1.29, 1.82) is 0 Å². The molecule has 1 amide bonds. The SMILES string of the molecule is CC(C)N1CCC[C@]2(CCN(c3nccc(C(F)(F)F)n3)C2)C1=O. The van der Waals surface area contributed by atoms with Gasteiger partial charge in [0.15, 0.2) is 0 Å². The summed E-state index contributed by atoms with van der Waals surface area (Å²) >= 11 is 0. The number of amides is 1. The number of carbonyl (C=O) groups is 1. The lowest BCUT2D eigenvalue weighted by Gasteiger charge is -2.41. The molecule has 0 saturated carbocycles. The Morgan fingerprint density at radius 3 is 2.67 bits per heavy atom. The fourth-order valence-electron chi connectivity index (χ4n) is 3.67. The summed E-state index contributed by atoms with van der Waals surface area (Å²) in [5.74, 6) is 0.161. The maximum Gasteiger partial charge on any atom is 0.433 e. The average molecular weight is 342 g/mol. The number of alkyl halides is 3. The van der Waals surface area contributed by atoms with Crippen molar-refractivity contribution in [1.82, 2.24) is 14.9 Å². The van der Waals surface area contributed by atoms with Gasteiger partial charge in [-0.15, -0.1) is 0 Å². The normalized spacial score (nSPS) is 25.2. The van der Waals surface area contributed by atoms with Gasteiger partial charge in [0.1, 0.15) is 5.69 Å². The minimum atomic E-state index is -4.50. The van der Waals surface area contributed by atoms with Crippen molar-refractivity contribution in [2.45, 2.75) is 45.3 Å². The van der Waals surface area contributed by atoms with Crippen LogP contribution in [-0.2, 0) is 11.0 Å². The predicted molar refractivity (Wildman–Crippen MR) is 82.4 cm³/mol. The minimum Gasteiger partial charge on any atom is -0.340 e. The van der Waals surface area contributed by atoms with Gasteiger partial charge in [0.25, 0.3) is 0 Å². The topological polar surface area (TPSA) is 49.3 Å². The summed E-state index contributed by atoms with van der Waals surface area (Å²) in [7, 11) is 0. The lowest BCUT2D eigenvalue weighted by Crippen LogP contribution is -2.52. The first-order valence-corrected chi connectivity index (χ1v) is 8.19. The molecule has 1 aromatic rings. The van der Waals surface area contributed by atoms with E-state index in [2.05, 4.69) is 9.97 Å². The van der Waals surface area contributed by atoms with E-state index in [0.29, 0.717) is 19.5 Å². The Balaban J connectivity index is 1.81. The zero-order valence-electron chi connectivity index (χ0n) is 13.8. The van der Waals surface area contributed by atoms with Crippen molar-refractivity contribution in [2.24, 2.45) is 5.41 Å². The molecule has 2 fully saturated rings. The highest BCUT2D eigenvalue weighted by Crippen LogP contribution is 2.41. The van der Waals surface area contributed by atoms with E-state index < -0.39 is 17.3 Å². The summed E-state index contributed by atoms with van der Waals surface area (Å²) in [6, 6.07) is 0.996. The Kier molecular flexibility index (Phi) is 4.17. The van der Waals surface area contributed by atoms with E-state index in [1.54, 1.807) is 4.90 Å². The molecule has 3 heterocycles. The van der Waals surface area contributed by atoms with Crippen LogP contribution in [0.4, 0.5) is 19.1 Å². The summed E-state index contributed by atoms with van der Waals surface area (Å²) in [6.45, 7) is 5.60. The molecule has 0 bridgehead atoms. The second-order valence-electron chi connectivity index (χ2n) is 6.89. The van der Waals surface area contributed by atoms with Gasteiger partial charge in [-0.05, 0) is 39.2 Å². The summed E-state index contributed by atoms with van der Waals surface area (Å²) in [5, 5.41) is 0. The van der Waals surface area contributed by atoms with Crippen LogP contribution in [0.25, 0.3) is 0 Å². The Bertz CT molecular complexity index is 634. The fourth-order valence-corrected chi connectivity index (χ4v) is 3.67. The zero-order valence-corrected chi connectivity index (χ0v) is 13.8. The van der Waals surface area contributed by atoms with Crippen LogP contribution < -0.4 is 4.90 Å². The molecule has 2 aliphatic rings. The zero-order chi connectivity index (χ0) is 17.5. The third kappa shape index (κ3) is 2.93. The number of aromatic nitrogens is 2. The van der Waals surface area contributed by atoms with Gasteiger partial charge < -0.3 is 9.80 Å². The van der Waals surface area contributed by atoms with Crippen LogP contribution in [0.2, 0.25) is 0 Å². The standard InChI is InChI=1S/C16H21F3N4O/c1-11(2)23-8-3-5-15(13(23)24)6-9-22(10-15)14-20-7-4-12(21-14)16(17,18)19/h4,7,11H,3,5-6,8-10H2,1-2H3/t15-/m1/s1. The van der Waals surface area contributed by atoms with Crippen LogP contribution in [-0.4, -0.2) is 46.5 Å². The Morgan fingerprint density at radius 1 is 1.25 bits per heavy atom. The van der Waals surface area contributed by atoms with E-state index in [-0.39, 0.29) is 17.9 Å². The minimum absolute atomic E-state index is 0.0520. The Labute approximate surface area is 138 Å². The van der Waals surface area contributed by atoms with Crippen molar-refractivity contribution in [3.05, 3.63) is 18.0 Å². The number of hydrogen-bond acceptors (Lipinski definition) is 4. The maximum atomic E-state index is 12.9. The predicted octanol–water partition coefficient (Wildman–Crippen LogP) is 2.72. The molecule has 3 rings (SSSR count). The van der Waals surface area contributed by atoms with E-state index in [1.807, 2.05) is 18.7 Å². The first-order chi connectivity index (χ1) is 11.2. The largest absolute Gasteiger partial charge is 0.433 e. The van der Waals surface area contributed by atoms with Crippen molar-refractivity contribution in [3.8, 4) is 0 Å². The van der Waals surface area contributed by atoms with E-state index in [0.717, 1.165) is 31.6 Å². The second-order valence-corrected chi connectivity index (χ2v) is 6.89. The molecule has 0 N–H and O–H groups in total. The average Bonchev–Trinajstić information content (AvgIpc) is 2.94. The molecule has 1 spiro atoms. The fraction of sp³-hybridized carbons (Fsp3) is 0.688. The van der Waals surface area contributed by atoms with Crippen LogP contribution >= 0.6 is 0 Å². The maximum absolute atomic E-state index is 12.9. The van der Waals surface area contributed by atoms with E-state index in [4.69, 9.17) is 0 Å². The van der Waals surface area contributed by atoms with E-state index >= 15 is 0 Å². The number of anilines is 1. The molecule has 0 aromatic carbocycles. The first kappa shape index (κ1) is 17.0. The molecule has 0 aliphatic carbocycles. The van der Waals surface area contributed by atoms with Crippen LogP contribution in [0.3, 0.4) is 0 Å². The summed E-state index contributed by atoms with van der Waals surface area (Å²) in [4.78, 5) is 24.1. The highest BCUT2D eigenvalue weighted by Gasteiger charge is 2.49. The van der Waals surface area contributed by atoms with E-state index in [9.17, 15) is 18.0 Å². The van der Waals surface area contributed by atoms with Crippen molar-refractivity contribution < 1.29 is 18.0 Å². The number of halogens is 3. The molecular formula is C16H21F3N4O. The lowest BCUT2D eigenvalue weighted by atomic mass is 9.78. The lowest BCUT2D eigenvalue weighted by molar-refractivity contribution is -0.147. The summed E-state index contributed by atoms with van der Waals surface area (Å²) in [5.41, 5.74) is -1.47. The first-order valence-electron chi connectivity index (χ1n) is 8.19. The molecule has 0 radical (unpaired) electrons. The molecule has 1 aromatic heterocycles. The number of hydrogen-bond donors (Lipinski definition) is 0. The van der Waals surface area contributed by atoms with Gasteiger partial charge in [0, 0.05) is 31.9 Å². The Hall–Kier alpha value is -1.86. The molecular weight excluding hydrogens is 321 g/mol. The van der Waals surface area contributed by atoms with Crippen molar-refractivity contribution in [2.75, 3.05) is 24.5 Å². The van der Waals surface area contributed by atoms with Gasteiger partial charge in [-0.1, -0.05) is 0 Å².